The summed E-state index contributed by atoms with van der Waals surface area (Å²) in [5.41, 5.74) is 0.887. The molecule has 0 spiro atoms. The van der Waals surface area contributed by atoms with Crippen LogP contribution >= 0.6 is 11.3 Å². The molecule has 0 aliphatic rings. The van der Waals surface area contributed by atoms with E-state index in [1.54, 1.807) is 0 Å². The molecule has 0 aliphatic heterocycles. The number of fused-ring (bicyclic) bond motifs is 1. The zero-order valence-corrected chi connectivity index (χ0v) is 13.4. The van der Waals surface area contributed by atoms with E-state index in [1.165, 1.54) is 9.75 Å². The van der Waals surface area contributed by atoms with Crippen molar-refractivity contribution >= 4 is 17.0 Å². The molecule has 0 bridgehead atoms. The van der Waals surface area contributed by atoms with Crippen LogP contribution in [-0.2, 0) is 6.42 Å². The Labute approximate surface area is 128 Å². The smallest absolute Gasteiger partial charge is 0.160 e. The van der Waals surface area contributed by atoms with Gasteiger partial charge in [0.25, 0.3) is 0 Å². The number of rotatable bonds is 5. The average Bonchev–Trinajstić information content (AvgIpc) is 3.14. The number of hydrogen-bond acceptors (Lipinski definition) is 4. The van der Waals surface area contributed by atoms with Crippen LogP contribution in [0.1, 0.15) is 48.4 Å². The lowest BCUT2D eigenvalue weighted by Gasteiger charge is -2.17. The van der Waals surface area contributed by atoms with E-state index in [1.807, 2.05) is 40.1 Å². The first-order valence-corrected chi connectivity index (χ1v) is 8.15. The molecule has 4 nitrogen and oxygen atoms in total. The summed E-state index contributed by atoms with van der Waals surface area (Å²) in [5, 5.41) is 12.1. The van der Waals surface area contributed by atoms with E-state index in [-0.39, 0.29) is 6.04 Å². The van der Waals surface area contributed by atoms with E-state index in [0.29, 0.717) is 6.04 Å². The van der Waals surface area contributed by atoms with Crippen molar-refractivity contribution in [3.63, 3.8) is 0 Å². The van der Waals surface area contributed by atoms with Gasteiger partial charge in [0, 0.05) is 22.0 Å². The second-order valence-corrected chi connectivity index (χ2v) is 6.45. The van der Waals surface area contributed by atoms with Crippen molar-refractivity contribution in [3.8, 4) is 0 Å². The zero-order chi connectivity index (χ0) is 14.8. The van der Waals surface area contributed by atoms with Gasteiger partial charge in [-0.15, -0.1) is 21.5 Å². The molecule has 0 saturated heterocycles. The number of hydrogen-bond donors (Lipinski definition) is 1. The average molecular weight is 300 g/mol. The molecule has 3 heterocycles. The van der Waals surface area contributed by atoms with Crippen molar-refractivity contribution in [1.82, 2.24) is 19.9 Å². The highest BCUT2D eigenvalue weighted by Gasteiger charge is 2.17. The van der Waals surface area contributed by atoms with Crippen LogP contribution in [0.3, 0.4) is 0 Å². The summed E-state index contributed by atoms with van der Waals surface area (Å²) in [6, 6.07) is 10.8. The Kier molecular flexibility index (Phi) is 4.03. The Morgan fingerprint density at radius 3 is 2.76 bits per heavy atom. The number of thiophene rings is 1. The maximum absolute atomic E-state index is 4.32. The van der Waals surface area contributed by atoms with Gasteiger partial charge < -0.3 is 5.32 Å². The molecule has 2 unspecified atom stereocenters. The van der Waals surface area contributed by atoms with E-state index in [4.69, 9.17) is 0 Å². The van der Waals surface area contributed by atoms with Crippen LogP contribution in [0.4, 0.5) is 0 Å². The van der Waals surface area contributed by atoms with Gasteiger partial charge in [-0.2, -0.15) is 0 Å². The molecule has 0 radical (unpaired) electrons. The third-order valence-electron chi connectivity index (χ3n) is 3.69. The number of pyridine rings is 1. The fraction of sp³-hybridized carbons (Fsp3) is 0.375. The second kappa shape index (κ2) is 5.95. The Morgan fingerprint density at radius 2 is 2.00 bits per heavy atom. The largest absolute Gasteiger partial charge is 0.300 e. The predicted octanol–water partition coefficient (Wildman–Crippen LogP) is 3.77. The molecule has 2 atom stereocenters. The van der Waals surface area contributed by atoms with Crippen LogP contribution in [0, 0.1) is 0 Å². The minimum absolute atomic E-state index is 0.143. The number of aromatic nitrogens is 3. The number of aryl methyl sites for hydroxylation is 1. The van der Waals surface area contributed by atoms with Gasteiger partial charge in [0.15, 0.2) is 11.5 Å². The Hall–Kier alpha value is -1.72. The van der Waals surface area contributed by atoms with Crippen molar-refractivity contribution in [2.75, 3.05) is 0 Å². The lowest BCUT2D eigenvalue weighted by molar-refractivity contribution is 0.478. The maximum atomic E-state index is 4.32. The van der Waals surface area contributed by atoms with Crippen LogP contribution in [0.15, 0.2) is 36.5 Å². The fourth-order valence-electron chi connectivity index (χ4n) is 2.50. The third kappa shape index (κ3) is 2.84. The zero-order valence-electron chi connectivity index (χ0n) is 12.6. The summed E-state index contributed by atoms with van der Waals surface area (Å²) in [4.78, 5) is 2.80. The fourth-order valence-corrected chi connectivity index (χ4v) is 3.47. The molecule has 3 aromatic heterocycles. The maximum Gasteiger partial charge on any atom is 0.160 e. The highest BCUT2D eigenvalue weighted by Crippen LogP contribution is 2.25. The molecule has 0 fully saturated rings. The first-order chi connectivity index (χ1) is 10.2. The van der Waals surface area contributed by atoms with E-state index < -0.39 is 0 Å². The van der Waals surface area contributed by atoms with Gasteiger partial charge in [0.1, 0.15) is 0 Å². The molecule has 110 valence electrons. The van der Waals surface area contributed by atoms with E-state index in [9.17, 15) is 0 Å². The number of nitrogens with one attached hydrogen (secondary N) is 1. The normalized spacial score (nSPS) is 14.4. The molecule has 5 heteroatoms. The Morgan fingerprint density at radius 1 is 1.14 bits per heavy atom. The standard InChI is InChI=1S/C16H20N4S/c1-4-13-8-9-14(21-13)11(2)17-12(3)16-19-18-15-7-5-6-10-20(15)16/h5-12,17H,4H2,1-3H3. The van der Waals surface area contributed by atoms with Crippen LogP contribution < -0.4 is 5.32 Å². The Bertz CT molecular complexity index is 731. The van der Waals surface area contributed by atoms with Gasteiger partial charge in [-0.25, -0.2) is 0 Å². The molecule has 3 aromatic rings. The van der Waals surface area contributed by atoms with E-state index in [2.05, 4.69) is 48.4 Å². The highest BCUT2D eigenvalue weighted by atomic mass is 32.1. The number of nitrogens with zero attached hydrogens (tertiary/aromatic N) is 3. The predicted molar refractivity (Wildman–Crippen MR) is 86.6 cm³/mol. The molecule has 3 rings (SSSR count). The van der Waals surface area contributed by atoms with Gasteiger partial charge in [-0.05, 0) is 44.5 Å². The SMILES string of the molecule is CCc1ccc(C(C)NC(C)c2nnc3ccccn23)s1. The topological polar surface area (TPSA) is 42.2 Å². The molecule has 0 saturated carbocycles. The lowest BCUT2D eigenvalue weighted by atomic mass is 10.2. The molecule has 0 aliphatic carbocycles. The minimum atomic E-state index is 0.143. The summed E-state index contributed by atoms with van der Waals surface area (Å²) in [6.45, 7) is 6.53. The van der Waals surface area contributed by atoms with Crippen molar-refractivity contribution in [3.05, 3.63) is 52.1 Å². The first kappa shape index (κ1) is 14.2. The second-order valence-electron chi connectivity index (χ2n) is 5.25. The van der Waals surface area contributed by atoms with Crippen molar-refractivity contribution in [2.24, 2.45) is 0 Å². The van der Waals surface area contributed by atoms with Crippen LogP contribution in [0.25, 0.3) is 5.65 Å². The third-order valence-corrected chi connectivity index (χ3v) is 5.10. The summed E-state index contributed by atoms with van der Waals surface area (Å²) >= 11 is 1.88. The molecule has 21 heavy (non-hydrogen) atoms. The van der Waals surface area contributed by atoms with Gasteiger partial charge in [0.05, 0.1) is 6.04 Å². The van der Waals surface area contributed by atoms with E-state index in [0.717, 1.165) is 17.9 Å². The van der Waals surface area contributed by atoms with Crippen LogP contribution in [0.5, 0.6) is 0 Å². The monoisotopic (exact) mass is 300 g/mol. The molecule has 0 aromatic carbocycles. The Balaban J connectivity index is 1.77. The minimum Gasteiger partial charge on any atom is -0.300 e. The summed E-state index contributed by atoms with van der Waals surface area (Å²) in [7, 11) is 0. The van der Waals surface area contributed by atoms with Gasteiger partial charge in [-0.1, -0.05) is 13.0 Å². The van der Waals surface area contributed by atoms with Crippen molar-refractivity contribution in [2.45, 2.75) is 39.3 Å². The van der Waals surface area contributed by atoms with E-state index >= 15 is 0 Å². The van der Waals surface area contributed by atoms with Gasteiger partial charge in [-0.3, -0.25) is 4.40 Å². The molecule has 0 amide bonds. The quantitative estimate of drug-likeness (QED) is 0.780. The molecular formula is C16H20N4S. The van der Waals surface area contributed by atoms with Gasteiger partial charge in [0.2, 0.25) is 0 Å². The summed E-state index contributed by atoms with van der Waals surface area (Å²) in [6.07, 6.45) is 3.11. The van der Waals surface area contributed by atoms with Crippen LogP contribution in [0.2, 0.25) is 0 Å². The summed E-state index contributed by atoms with van der Waals surface area (Å²) in [5.74, 6) is 0.949. The van der Waals surface area contributed by atoms with Crippen molar-refractivity contribution < 1.29 is 0 Å². The molecular weight excluding hydrogens is 280 g/mol. The highest BCUT2D eigenvalue weighted by molar-refractivity contribution is 7.12. The first-order valence-electron chi connectivity index (χ1n) is 7.33. The lowest BCUT2D eigenvalue weighted by Crippen LogP contribution is -2.23. The molecule has 1 N–H and O–H groups in total. The summed E-state index contributed by atoms with van der Waals surface area (Å²) < 4.78 is 2.04. The van der Waals surface area contributed by atoms with Crippen LogP contribution in [-0.4, -0.2) is 14.6 Å². The van der Waals surface area contributed by atoms with Crippen molar-refractivity contribution in [1.29, 1.82) is 0 Å². The van der Waals surface area contributed by atoms with Gasteiger partial charge >= 0.3 is 0 Å².